The number of thioether (sulfide) groups is 1. The monoisotopic (exact) mass is 340 g/mol. The van der Waals surface area contributed by atoms with Crippen molar-refractivity contribution in [2.45, 2.75) is 37.6 Å². The van der Waals surface area contributed by atoms with Gasteiger partial charge in [0.15, 0.2) is 6.61 Å². The molecule has 1 aromatic carbocycles. The molecule has 0 saturated carbocycles. The maximum atomic E-state index is 11.6. The number of nitro groups is 1. The second-order valence-electron chi connectivity index (χ2n) is 4.76. The summed E-state index contributed by atoms with van der Waals surface area (Å²) in [6.45, 7) is 3.58. The summed E-state index contributed by atoms with van der Waals surface area (Å²) in [4.78, 5) is 34.0. The average Bonchev–Trinajstić information content (AvgIpc) is 2.56. The maximum Gasteiger partial charge on any atom is 0.316 e. The van der Waals surface area contributed by atoms with E-state index < -0.39 is 10.9 Å². The summed E-state index contributed by atoms with van der Waals surface area (Å²) in [5.41, 5.74) is -0.0585. The van der Waals surface area contributed by atoms with E-state index >= 15 is 0 Å². The fourth-order valence-corrected chi connectivity index (χ4v) is 2.64. The number of nitro benzene ring substituents is 1. The van der Waals surface area contributed by atoms with Crippen molar-refractivity contribution < 1.29 is 19.2 Å². The first-order chi connectivity index (χ1) is 11.0. The Hall–Kier alpha value is -2.09. The largest absolute Gasteiger partial charge is 0.455 e. The van der Waals surface area contributed by atoms with Crippen LogP contribution < -0.4 is 5.32 Å². The highest BCUT2D eigenvalue weighted by Crippen LogP contribution is 2.28. The standard InChI is InChI=1S/C15H20N2O5S/c1-3-11(4-2)16-14(18)9-22-15(19)10-23-13-8-6-5-7-12(13)17(20)21/h5-8,11H,3-4,9-10H2,1-2H3,(H,16,18). The Morgan fingerprint density at radius 3 is 2.57 bits per heavy atom. The smallest absolute Gasteiger partial charge is 0.316 e. The molecule has 1 aromatic rings. The second-order valence-corrected chi connectivity index (χ2v) is 5.77. The average molecular weight is 340 g/mol. The van der Waals surface area contributed by atoms with Gasteiger partial charge in [-0.05, 0) is 18.9 Å². The number of nitrogens with zero attached hydrogens (tertiary/aromatic N) is 1. The van der Waals surface area contributed by atoms with E-state index in [1.165, 1.54) is 6.07 Å². The number of ether oxygens (including phenoxy) is 1. The lowest BCUT2D eigenvalue weighted by Gasteiger charge is -2.14. The van der Waals surface area contributed by atoms with Crippen LogP contribution in [0.4, 0.5) is 5.69 Å². The quantitative estimate of drug-likeness (QED) is 0.321. The van der Waals surface area contributed by atoms with Crippen LogP contribution in [-0.2, 0) is 14.3 Å². The third-order valence-corrected chi connectivity index (χ3v) is 4.16. The molecule has 126 valence electrons. The van der Waals surface area contributed by atoms with Crippen LogP contribution in [0, 0.1) is 10.1 Å². The molecule has 0 spiro atoms. The molecule has 1 rings (SSSR count). The maximum absolute atomic E-state index is 11.6. The molecule has 0 aliphatic rings. The molecule has 0 radical (unpaired) electrons. The van der Waals surface area contributed by atoms with Gasteiger partial charge in [0.05, 0.1) is 15.6 Å². The molecule has 0 unspecified atom stereocenters. The molecule has 0 bridgehead atoms. The summed E-state index contributed by atoms with van der Waals surface area (Å²) in [7, 11) is 0. The molecule has 0 aliphatic heterocycles. The Labute approximate surface area is 138 Å². The van der Waals surface area contributed by atoms with Crippen LogP contribution in [0.15, 0.2) is 29.2 Å². The third kappa shape index (κ3) is 6.68. The molecule has 0 aromatic heterocycles. The number of nitrogens with one attached hydrogen (secondary N) is 1. The number of hydrogen-bond acceptors (Lipinski definition) is 6. The van der Waals surface area contributed by atoms with Gasteiger partial charge in [-0.1, -0.05) is 26.0 Å². The van der Waals surface area contributed by atoms with E-state index in [1.54, 1.807) is 18.2 Å². The van der Waals surface area contributed by atoms with Crippen LogP contribution >= 0.6 is 11.8 Å². The Bertz CT molecular complexity index is 561. The molecule has 7 nitrogen and oxygen atoms in total. The van der Waals surface area contributed by atoms with Gasteiger partial charge in [0.1, 0.15) is 0 Å². The van der Waals surface area contributed by atoms with E-state index in [9.17, 15) is 19.7 Å². The molecule has 0 fully saturated rings. The van der Waals surface area contributed by atoms with Gasteiger partial charge < -0.3 is 10.1 Å². The Morgan fingerprint density at radius 1 is 1.30 bits per heavy atom. The summed E-state index contributed by atoms with van der Waals surface area (Å²) in [5, 5.41) is 13.6. The number of carbonyl (C=O) groups is 2. The number of carbonyl (C=O) groups excluding carboxylic acids is 2. The van der Waals surface area contributed by atoms with Gasteiger partial charge in [-0.25, -0.2) is 0 Å². The predicted octanol–water partition coefficient (Wildman–Crippen LogP) is 2.53. The normalized spacial score (nSPS) is 10.4. The number of esters is 1. The summed E-state index contributed by atoms with van der Waals surface area (Å²) in [6, 6.07) is 6.22. The molecular weight excluding hydrogens is 320 g/mol. The molecule has 8 heteroatoms. The van der Waals surface area contributed by atoms with Crippen LogP contribution in [-0.4, -0.2) is 35.2 Å². The van der Waals surface area contributed by atoms with E-state index in [0.717, 1.165) is 24.6 Å². The van der Waals surface area contributed by atoms with Gasteiger partial charge in [0.2, 0.25) is 0 Å². The molecule has 23 heavy (non-hydrogen) atoms. The van der Waals surface area contributed by atoms with Gasteiger partial charge in [-0.2, -0.15) is 0 Å². The minimum Gasteiger partial charge on any atom is -0.455 e. The first-order valence-corrected chi connectivity index (χ1v) is 8.27. The van der Waals surface area contributed by atoms with Crippen LogP contribution in [0.3, 0.4) is 0 Å². The number of benzene rings is 1. The molecule has 0 heterocycles. The SMILES string of the molecule is CCC(CC)NC(=O)COC(=O)CSc1ccccc1[N+](=O)[O-]. The van der Waals surface area contributed by atoms with E-state index in [2.05, 4.69) is 5.32 Å². The molecule has 0 saturated heterocycles. The number of rotatable bonds is 9. The molecule has 1 amide bonds. The van der Waals surface area contributed by atoms with Crippen LogP contribution in [0.5, 0.6) is 0 Å². The van der Waals surface area contributed by atoms with Crippen molar-refractivity contribution in [2.75, 3.05) is 12.4 Å². The molecule has 0 aliphatic carbocycles. The fraction of sp³-hybridized carbons (Fsp3) is 0.467. The molecular formula is C15H20N2O5S. The van der Waals surface area contributed by atoms with Crippen LogP contribution in [0.1, 0.15) is 26.7 Å². The van der Waals surface area contributed by atoms with Gasteiger partial charge in [-0.15, -0.1) is 11.8 Å². The van der Waals surface area contributed by atoms with Gasteiger partial charge in [0.25, 0.3) is 11.6 Å². The molecule has 0 atom stereocenters. The third-order valence-electron chi connectivity index (χ3n) is 3.12. The van der Waals surface area contributed by atoms with E-state index in [1.807, 2.05) is 13.8 Å². The number of para-hydroxylation sites is 1. The lowest BCUT2D eigenvalue weighted by Crippen LogP contribution is -2.37. The fourth-order valence-electron chi connectivity index (χ4n) is 1.82. The Balaban J connectivity index is 2.41. The van der Waals surface area contributed by atoms with Crippen molar-refractivity contribution in [1.29, 1.82) is 0 Å². The highest BCUT2D eigenvalue weighted by atomic mass is 32.2. The summed E-state index contributed by atoms with van der Waals surface area (Å²) in [6.07, 6.45) is 1.62. The van der Waals surface area contributed by atoms with Gasteiger partial charge in [0, 0.05) is 12.1 Å². The van der Waals surface area contributed by atoms with E-state index in [4.69, 9.17) is 4.74 Å². The lowest BCUT2D eigenvalue weighted by molar-refractivity contribution is -0.387. The van der Waals surface area contributed by atoms with Crippen molar-refractivity contribution in [2.24, 2.45) is 0 Å². The Morgan fingerprint density at radius 2 is 1.96 bits per heavy atom. The zero-order valence-electron chi connectivity index (χ0n) is 13.1. The summed E-state index contributed by atoms with van der Waals surface area (Å²) >= 11 is 1.01. The summed E-state index contributed by atoms with van der Waals surface area (Å²) in [5.74, 6) is -1.03. The highest BCUT2D eigenvalue weighted by Gasteiger charge is 2.16. The Kier molecular flexibility index (Phi) is 8.10. The van der Waals surface area contributed by atoms with Crippen LogP contribution in [0.2, 0.25) is 0 Å². The lowest BCUT2D eigenvalue weighted by atomic mass is 10.2. The van der Waals surface area contributed by atoms with Crippen molar-refractivity contribution in [1.82, 2.24) is 5.32 Å². The zero-order chi connectivity index (χ0) is 17.2. The van der Waals surface area contributed by atoms with Crippen molar-refractivity contribution in [3.05, 3.63) is 34.4 Å². The predicted molar refractivity (Wildman–Crippen MR) is 87.3 cm³/mol. The number of hydrogen-bond donors (Lipinski definition) is 1. The van der Waals surface area contributed by atoms with Gasteiger partial charge in [-0.3, -0.25) is 19.7 Å². The van der Waals surface area contributed by atoms with Crippen molar-refractivity contribution >= 4 is 29.3 Å². The minimum atomic E-state index is -0.590. The number of amides is 1. The summed E-state index contributed by atoms with van der Waals surface area (Å²) < 4.78 is 4.87. The van der Waals surface area contributed by atoms with Crippen molar-refractivity contribution in [3.8, 4) is 0 Å². The second kappa shape index (κ2) is 9.83. The molecule has 1 N–H and O–H groups in total. The topological polar surface area (TPSA) is 98.5 Å². The minimum absolute atomic E-state index is 0.0585. The van der Waals surface area contributed by atoms with E-state index in [-0.39, 0.29) is 30.0 Å². The first kappa shape index (κ1) is 19.0. The van der Waals surface area contributed by atoms with Crippen LogP contribution in [0.25, 0.3) is 0 Å². The zero-order valence-corrected chi connectivity index (χ0v) is 13.9. The highest BCUT2D eigenvalue weighted by molar-refractivity contribution is 8.00. The van der Waals surface area contributed by atoms with E-state index in [0.29, 0.717) is 4.90 Å². The first-order valence-electron chi connectivity index (χ1n) is 7.29. The van der Waals surface area contributed by atoms with Crippen molar-refractivity contribution in [3.63, 3.8) is 0 Å². The van der Waals surface area contributed by atoms with Gasteiger partial charge >= 0.3 is 5.97 Å².